The highest BCUT2D eigenvalue weighted by Crippen LogP contribution is 2.27. The van der Waals surface area contributed by atoms with Gasteiger partial charge in [-0.2, -0.15) is 5.10 Å². The molecule has 0 saturated heterocycles. The first-order chi connectivity index (χ1) is 8.65. The number of ether oxygens (including phenoxy) is 1. The molecule has 1 aromatic heterocycles. The zero-order chi connectivity index (χ0) is 13.1. The SMILES string of the molecule is COc1cc(C)c(-c2n[nH]c(CCN)n2)cc1C. The van der Waals surface area contributed by atoms with Crippen LogP contribution in [-0.2, 0) is 6.42 Å². The lowest BCUT2D eigenvalue weighted by Gasteiger charge is -2.08. The van der Waals surface area contributed by atoms with E-state index in [4.69, 9.17) is 10.5 Å². The van der Waals surface area contributed by atoms with Gasteiger partial charge in [0.15, 0.2) is 5.82 Å². The number of hydrogen-bond donors (Lipinski definition) is 2. The van der Waals surface area contributed by atoms with Crippen molar-refractivity contribution in [3.63, 3.8) is 0 Å². The van der Waals surface area contributed by atoms with Crippen LogP contribution < -0.4 is 10.5 Å². The fourth-order valence-electron chi connectivity index (χ4n) is 1.91. The van der Waals surface area contributed by atoms with Crippen LogP contribution in [-0.4, -0.2) is 28.8 Å². The van der Waals surface area contributed by atoms with Gasteiger partial charge in [0.25, 0.3) is 0 Å². The van der Waals surface area contributed by atoms with E-state index in [0.717, 1.165) is 28.3 Å². The summed E-state index contributed by atoms with van der Waals surface area (Å²) in [5.41, 5.74) is 8.68. The van der Waals surface area contributed by atoms with Crippen LogP contribution in [0.1, 0.15) is 17.0 Å². The maximum Gasteiger partial charge on any atom is 0.181 e. The summed E-state index contributed by atoms with van der Waals surface area (Å²) in [7, 11) is 1.67. The number of aromatic nitrogens is 3. The van der Waals surface area contributed by atoms with Gasteiger partial charge in [-0.25, -0.2) is 4.98 Å². The quantitative estimate of drug-likeness (QED) is 0.859. The van der Waals surface area contributed by atoms with Gasteiger partial charge in [-0.15, -0.1) is 0 Å². The highest BCUT2D eigenvalue weighted by atomic mass is 16.5. The lowest BCUT2D eigenvalue weighted by Crippen LogP contribution is -2.03. The zero-order valence-corrected chi connectivity index (χ0v) is 10.9. The average Bonchev–Trinajstić information content (AvgIpc) is 2.80. The van der Waals surface area contributed by atoms with Crippen molar-refractivity contribution in [3.05, 3.63) is 29.1 Å². The fourth-order valence-corrected chi connectivity index (χ4v) is 1.91. The third-order valence-electron chi connectivity index (χ3n) is 2.90. The molecule has 96 valence electrons. The number of nitrogens with zero attached hydrogens (tertiary/aromatic N) is 2. The summed E-state index contributed by atoms with van der Waals surface area (Å²) in [6, 6.07) is 4.05. The van der Waals surface area contributed by atoms with E-state index >= 15 is 0 Å². The molecule has 0 aliphatic carbocycles. The van der Waals surface area contributed by atoms with Crippen molar-refractivity contribution >= 4 is 0 Å². The standard InChI is InChI=1S/C13H18N4O/c1-8-7-11(18-3)9(2)6-10(8)13-15-12(4-5-14)16-17-13/h6-7H,4-5,14H2,1-3H3,(H,15,16,17). The Hall–Kier alpha value is -1.88. The molecule has 2 rings (SSSR count). The number of nitrogens with two attached hydrogens (primary N) is 1. The number of methoxy groups -OCH3 is 1. The van der Waals surface area contributed by atoms with Gasteiger partial charge in [-0.1, -0.05) is 0 Å². The topological polar surface area (TPSA) is 76.8 Å². The van der Waals surface area contributed by atoms with Crippen LogP contribution in [0.15, 0.2) is 12.1 Å². The molecule has 0 amide bonds. The number of rotatable bonds is 4. The van der Waals surface area contributed by atoms with Crippen LogP contribution in [0.2, 0.25) is 0 Å². The van der Waals surface area contributed by atoms with E-state index in [2.05, 4.69) is 15.2 Å². The Morgan fingerprint density at radius 3 is 2.72 bits per heavy atom. The van der Waals surface area contributed by atoms with Gasteiger partial charge in [-0.05, 0) is 43.7 Å². The van der Waals surface area contributed by atoms with Crippen molar-refractivity contribution in [1.29, 1.82) is 0 Å². The van der Waals surface area contributed by atoms with Gasteiger partial charge >= 0.3 is 0 Å². The molecular weight excluding hydrogens is 228 g/mol. The predicted molar refractivity (Wildman–Crippen MR) is 70.6 cm³/mol. The molecule has 0 saturated carbocycles. The van der Waals surface area contributed by atoms with Gasteiger partial charge in [0.1, 0.15) is 11.6 Å². The maximum atomic E-state index is 5.50. The minimum Gasteiger partial charge on any atom is -0.496 e. The fraction of sp³-hybridized carbons (Fsp3) is 0.385. The van der Waals surface area contributed by atoms with Crippen LogP contribution in [0.4, 0.5) is 0 Å². The molecule has 5 heteroatoms. The molecule has 0 atom stereocenters. The van der Waals surface area contributed by atoms with Gasteiger partial charge in [0.2, 0.25) is 0 Å². The molecule has 0 spiro atoms. The van der Waals surface area contributed by atoms with Crippen LogP contribution >= 0.6 is 0 Å². The third kappa shape index (κ3) is 2.36. The van der Waals surface area contributed by atoms with Crippen LogP contribution in [0.3, 0.4) is 0 Å². The molecule has 18 heavy (non-hydrogen) atoms. The second-order valence-electron chi connectivity index (χ2n) is 4.28. The highest BCUT2D eigenvalue weighted by Gasteiger charge is 2.11. The van der Waals surface area contributed by atoms with E-state index in [0.29, 0.717) is 18.8 Å². The normalized spacial score (nSPS) is 10.7. The molecule has 3 N–H and O–H groups in total. The molecule has 1 aromatic carbocycles. The monoisotopic (exact) mass is 246 g/mol. The Kier molecular flexibility index (Phi) is 3.62. The Morgan fingerprint density at radius 1 is 1.28 bits per heavy atom. The minimum absolute atomic E-state index is 0.565. The van der Waals surface area contributed by atoms with E-state index in [1.54, 1.807) is 7.11 Å². The van der Waals surface area contributed by atoms with Gasteiger partial charge in [-0.3, -0.25) is 5.10 Å². The number of H-pyrrole nitrogens is 1. The molecular formula is C13H18N4O. The summed E-state index contributed by atoms with van der Waals surface area (Å²) in [6.07, 6.45) is 0.710. The maximum absolute atomic E-state index is 5.50. The molecule has 0 aliphatic rings. The molecule has 1 heterocycles. The van der Waals surface area contributed by atoms with Crippen LogP contribution in [0, 0.1) is 13.8 Å². The number of nitrogens with one attached hydrogen (secondary N) is 1. The smallest absolute Gasteiger partial charge is 0.181 e. The van der Waals surface area contributed by atoms with Crippen molar-refractivity contribution in [2.24, 2.45) is 5.73 Å². The largest absolute Gasteiger partial charge is 0.496 e. The highest BCUT2D eigenvalue weighted by molar-refractivity contribution is 5.63. The first kappa shape index (κ1) is 12.6. The second kappa shape index (κ2) is 5.18. The number of hydrogen-bond acceptors (Lipinski definition) is 4. The Labute approximate surface area is 106 Å². The van der Waals surface area contributed by atoms with E-state index in [9.17, 15) is 0 Å². The second-order valence-corrected chi connectivity index (χ2v) is 4.28. The van der Waals surface area contributed by atoms with Crippen molar-refractivity contribution in [1.82, 2.24) is 15.2 Å². The predicted octanol–water partition coefficient (Wildman–Crippen LogP) is 1.60. The third-order valence-corrected chi connectivity index (χ3v) is 2.90. The molecule has 0 aliphatic heterocycles. The number of aromatic amines is 1. The molecule has 5 nitrogen and oxygen atoms in total. The van der Waals surface area contributed by atoms with E-state index in [-0.39, 0.29) is 0 Å². The number of aryl methyl sites for hydroxylation is 2. The van der Waals surface area contributed by atoms with E-state index < -0.39 is 0 Å². The lowest BCUT2D eigenvalue weighted by molar-refractivity contribution is 0.411. The molecule has 0 fully saturated rings. The first-order valence-electron chi connectivity index (χ1n) is 5.92. The van der Waals surface area contributed by atoms with Crippen molar-refractivity contribution in [2.45, 2.75) is 20.3 Å². The van der Waals surface area contributed by atoms with Crippen LogP contribution in [0.25, 0.3) is 11.4 Å². The van der Waals surface area contributed by atoms with Gasteiger partial charge in [0.05, 0.1) is 7.11 Å². The summed E-state index contributed by atoms with van der Waals surface area (Å²) in [5.74, 6) is 2.41. The summed E-state index contributed by atoms with van der Waals surface area (Å²) >= 11 is 0. The molecule has 2 aromatic rings. The number of benzene rings is 1. The summed E-state index contributed by atoms with van der Waals surface area (Å²) < 4.78 is 5.30. The average molecular weight is 246 g/mol. The summed E-state index contributed by atoms with van der Waals surface area (Å²) in [4.78, 5) is 4.44. The first-order valence-corrected chi connectivity index (χ1v) is 5.92. The molecule has 0 radical (unpaired) electrons. The van der Waals surface area contributed by atoms with Gasteiger partial charge < -0.3 is 10.5 Å². The van der Waals surface area contributed by atoms with Gasteiger partial charge in [0, 0.05) is 12.0 Å². The Morgan fingerprint density at radius 2 is 2.06 bits per heavy atom. The summed E-state index contributed by atoms with van der Waals surface area (Å²) in [6.45, 7) is 4.60. The van der Waals surface area contributed by atoms with Crippen molar-refractivity contribution in [3.8, 4) is 17.1 Å². The van der Waals surface area contributed by atoms with E-state index in [1.165, 1.54) is 0 Å². The van der Waals surface area contributed by atoms with Crippen LogP contribution in [0.5, 0.6) is 5.75 Å². The Bertz CT molecular complexity index is 548. The van der Waals surface area contributed by atoms with E-state index in [1.807, 2.05) is 26.0 Å². The Balaban J connectivity index is 2.40. The minimum atomic E-state index is 0.565. The lowest BCUT2D eigenvalue weighted by atomic mass is 10.0. The summed E-state index contributed by atoms with van der Waals surface area (Å²) in [5, 5.41) is 7.14. The van der Waals surface area contributed by atoms with Crippen molar-refractivity contribution < 1.29 is 4.74 Å². The molecule has 0 bridgehead atoms. The molecule has 0 unspecified atom stereocenters. The zero-order valence-electron chi connectivity index (χ0n) is 10.9. The van der Waals surface area contributed by atoms with Crippen molar-refractivity contribution in [2.75, 3.05) is 13.7 Å².